The summed E-state index contributed by atoms with van der Waals surface area (Å²) >= 11 is 0. The summed E-state index contributed by atoms with van der Waals surface area (Å²) in [6.45, 7) is 3.04. The molecule has 1 atom stereocenters. The summed E-state index contributed by atoms with van der Waals surface area (Å²) in [6, 6.07) is 10.1. The fourth-order valence-corrected chi connectivity index (χ4v) is 3.21. The lowest BCUT2D eigenvalue weighted by molar-refractivity contribution is 0.195. The molecule has 3 heterocycles. The number of aromatic nitrogens is 5. The lowest BCUT2D eigenvalue weighted by atomic mass is 9.97. The molecule has 0 unspecified atom stereocenters. The zero-order valence-corrected chi connectivity index (χ0v) is 12.9. The van der Waals surface area contributed by atoms with Crippen LogP contribution in [-0.2, 0) is 6.54 Å². The van der Waals surface area contributed by atoms with Gasteiger partial charge in [0, 0.05) is 36.5 Å². The minimum Gasteiger partial charge on any atom is -0.347 e. The third-order valence-corrected chi connectivity index (χ3v) is 4.38. The summed E-state index contributed by atoms with van der Waals surface area (Å²) in [7, 11) is 0. The predicted octanol–water partition coefficient (Wildman–Crippen LogP) is 2.57. The molecule has 6 nitrogen and oxygen atoms in total. The van der Waals surface area contributed by atoms with Crippen molar-refractivity contribution in [1.82, 2.24) is 30.0 Å². The second-order valence-corrected chi connectivity index (χ2v) is 6.06. The van der Waals surface area contributed by atoms with Crippen molar-refractivity contribution in [3.63, 3.8) is 0 Å². The van der Waals surface area contributed by atoms with Gasteiger partial charge in [-0.05, 0) is 19.4 Å². The molecule has 2 aromatic heterocycles. The average Bonchev–Trinajstić information content (AvgIpc) is 3.28. The highest BCUT2D eigenvalue weighted by Crippen LogP contribution is 2.26. The maximum absolute atomic E-state index is 4.72. The van der Waals surface area contributed by atoms with Gasteiger partial charge >= 0.3 is 0 Å². The summed E-state index contributed by atoms with van der Waals surface area (Å²) in [5.41, 5.74) is 2.22. The Bertz CT molecular complexity index is 734. The number of nitrogens with one attached hydrogen (secondary N) is 2. The van der Waals surface area contributed by atoms with Gasteiger partial charge in [-0.3, -0.25) is 10.00 Å². The monoisotopic (exact) mass is 308 g/mol. The van der Waals surface area contributed by atoms with Crippen LogP contribution >= 0.6 is 0 Å². The standard InChI is InChI=1S/C17H20N6/c1-2-5-13(6-3-1)16-20-17(22-21-16)14-7-4-8-23(10-14)11-15-9-18-12-19-15/h1-3,5-6,9,12,14H,4,7-8,10-11H2,(H,18,19)(H,20,21,22)/t14-/m0/s1. The highest BCUT2D eigenvalue weighted by atomic mass is 15.2. The first-order valence-corrected chi connectivity index (χ1v) is 8.06. The van der Waals surface area contributed by atoms with Gasteiger partial charge in [-0.25, -0.2) is 9.97 Å². The zero-order valence-electron chi connectivity index (χ0n) is 12.9. The van der Waals surface area contributed by atoms with Crippen molar-refractivity contribution in [3.8, 4) is 11.4 Å². The van der Waals surface area contributed by atoms with Crippen LogP contribution in [0, 0.1) is 0 Å². The van der Waals surface area contributed by atoms with Crippen molar-refractivity contribution in [2.45, 2.75) is 25.3 Å². The topological polar surface area (TPSA) is 73.5 Å². The van der Waals surface area contributed by atoms with Gasteiger partial charge in [-0.1, -0.05) is 30.3 Å². The van der Waals surface area contributed by atoms with Gasteiger partial charge in [0.1, 0.15) is 5.82 Å². The SMILES string of the molecule is c1ccc(-c2n[nH]c([C@H]3CCCN(Cc4cnc[nH]4)C3)n2)cc1. The molecule has 0 aliphatic carbocycles. The Morgan fingerprint density at radius 1 is 1.22 bits per heavy atom. The molecule has 2 N–H and O–H groups in total. The molecule has 3 aromatic rings. The second-order valence-electron chi connectivity index (χ2n) is 6.06. The summed E-state index contributed by atoms with van der Waals surface area (Å²) < 4.78 is 0. The molecule has 0 radical (unpaired) electrons. The molecule has 1 aliphatic heterocycles. The predicted molar refractivity (Wildman–Crippen MR) is 87.7 cm³/mol. The van der Waals surface area contributed by atoms with E-state index in [0.717, 1.165) is 49.0 Å². The molecule has 0 bridgehead atoms. The van der Waals surface area contributed by atoms with Crippen molar-refractivity contribution in [2.75, 3.05) is 13.1 Å². The van der Waals surface area contributed by atoms with Crippen LogP contribution < -0.4 is 0 Å². The Morgan fingerprint density at radius 2 is 2.13 bits per heavy atom. The number of likely N-dealkylation sites (tertiary alicyclic amines) is 1. The first kappa shape index (κ1) is 14.1. The van der Waals surface area contributed by atoms with E-state index in [0.29, 0.717) is 5.92 Å². The third-order valence-electron chi connectivity index (χ3n) is 4.38. The molecule has 1 aliphatic rings. The molecule has 1 aromatic carbocycles. The van der Waals surface area contributed by atoms with E-state index in [1.165, 1.54) is 6.42 Å². The molecule has 118 valence electrons. The minimum atomic E-state index is 0.414. The van der Waals surface area contributed by atoms with E-state index in [2.05, 4.69) is 25.1 Å². The van der Waals surface area contributed by atoms with Crippen LogP contribution in [-0.4, -0.2) is 43.1 Å². The number of benzene rings is 1. The smallest absolute Gasteiger partial charge is 0.181 e. The van der Waals surface area contributed by atoms with Crippen LogP contribution in [0.1, 0.15) is 30.3 Å². The maximum Gasteiger partial charge on any atom is 0.181 e. The summed E-state index contributed by atoms with van der Waals surface area (Å²) in [6.07, 6.45) is 5.97. The van der Waals surface area contributed by atoms with Crippen LogP contribution in [0.25, 0.3) is 11.4 Å². The van der Waals surface area contributed by atoms with Gasteiger partial charge < -0.3 is 4.98 Å². The van der Waals surface area contributed by atoms with E-state index < -0.39 is 0 Å². The quantitative estimate of drug-likeness (QED) is 0.777. The van der Waals surface area contributed by atoms with E-state index in [1.807, 2.05) is 36.5 Å². The Morgan fingerprint density at radius 3 is 2.96 bits per heavy atom. The van der Waals surface area contributed by atoms with E-state index in [9.17, 15) is 0 Å². The Hall–Kier alpha value is -2.47. The van der Waals surface area contributed by atoms with E-state index in [4.69, 9.17) is 4.98 Å². The molecule has 0 saturated carbocycles. The second kappa shape index (κ2) is 6.34. The van der Waals surface area contributed by atoms with Crippen molar-refractivity contribution >= 4 is 0 Å². The van der Waals surface area contributed by atoms with Crippen LogP contribution in [0.2, 0.25) is 0 Å². The fourth-order valence-electron chi connectivity index (χ4n) is 3.21. The maximum atomic E-state index is 4.72. The Kier molecular flexibility index (Phi) is 3.90. The molecule has 6 heteroatoms. The highest BCUT2D eigenvalue weighted by molar-refractivity contribution is 5.53. The molecule has 0 spiro atoms. The average molecular weight is 308 g/mol. The molecule has 1 saturated heterocycles. The van der Waals surface area contributed by atoms with Crippen LogP contribution in [0.5, 0.6) is 0 Å². The summed E-state index contributed by atoms with van der Waals surface area (Å²) in [5, 5.41) is 7.54. The highest BCUT2D eigenvalue weighted by Gasteiger charge is 2.24. The van der Waals surface area contributed by atoms with Gasteiger partial charge in [0.2, 0.25) is 0 Å². The van der Waals surface area contributed by atoms with Crippen LogP contribution in [0.15, 0.2) is 42.9 Å². The van der Waals surface area contributed by atoms with Crippen molar-refractivity contribution < 1.29 is 0 Å². The molecule has 1 fully saturated rings. The third kappa shape index (κ3) is 3.17. The summed E-state index contributed by atoms with van der Waals surface area (Å²) in [5.74, 6) is 2.20. The number of hydrogen-bond donors (Lipinski definition) is 2. The van der Waals surface area contributed by atoms with E-state index in [1.54, 1.807) is 6.33 Å². The number of nitrogens with zero attached hydrogens (tertiary/aromatic N) is 4. The number of imidazole rings is 1. The molecule has 4 rings (SSSR count). The van der Waals surface area contributed by atoms with E-state index in [-0.39, 0.29) is 0 Å². The number of aromatic amines is 2. The zero-order chi connectivity index (χ0) is 15.5. The first-order valence-electron chi connectivity index (χ1n) is 8.06. The van der Waals surface area contributed by atoms with Gasteiger partial charge in [0.25, 0.3) is 0 Å². The van der Waals surface area contributed by atoms with Crippen LogP contribution in [0.4, 0.5) is 0 Å². The number of hydrogen-bond acceptors (Lipinski definition) is 4. The number of rotatable bonds is 4. The van der Waals surface area contributed by atoms with Crippen molar-refractivity contribution in [3.05, 3.63) is 54.4 Å². The molecular formula is C17H20N6. The largest absolute Gasteiger partial charge is 0.347 e. The van der Waals surface area contributed by atoms with Crippen molar-refractivity contribution in [2.24, 2.45) is 0 Å². The van der Waals surface area contributed by atoms with Gasteiger partial charge in [0.05, 0.1) is 6.33 Å². The molecular weight excluding hydrogens is 288 g/mol. The first-order chi connectivity index (χ1) is 11.4. The Labute approximate surface area is 135 Å². The van der Waals surface area contributed by atoms with Gasteiger partial charge in [-0.2, -0.15) is 5.10 Å². The lowest BCUT2D eigenvalue weighted by Gasteiger charge is -2.31. The Balaban J connectivity index is 1.46. The van der Waals surface area contributed by atoms with E-state index >= 15 is 0 Å². The normalized spacial score (nSPS) is 19.0. The van der Waals surface area contributed by atoms with Crippen LogP contribution in [0.3, 0.4) is 0 Å². The lowest BCUT2D eigenvalue weighted by Crippen LogP contribution is -2.34. The fraction of sp³-hybridized carbons (Fsp3) is 0.353. The van der Waals surface area contributed by atoms with Crippen molar-refractivity contribution in [1.29, 1.82) is 0 Å². The minimum absolute atomic E-state index is 0.414. The molecule has 23 heavy (non-hydrogen) atoms. The number of H-pyrrole nitrogens is 2. The number of piperidine rings is 1. The molecule has 0 amide bonds. The van der Waals surface area contributed by atoms with Gasteiger partial charge in [0.15, 0.2) is 5.82 Å². The van der Waals surface area contributed by atoms with Gasteiger partial charge in [-0.15, -0.1) is 0 Å². The summed E-state index contributed by atoms with van der Waals surface area (Å²) in [4.78, 5) is 14.4.